The molecular formula is C26H25FO5. The number of rotatable bonds is 9. The summed E-state index contributed by atoms with van der Waals surface area (Å²) in [5.74, 6) is -0.819. The molecule has 0 saturated carbocycles. The summed E-state index contributed by atoms with van der Waals surface area (Å²) in [7, 11) is 1.45. The zero-order valence-corrected chi connectivity index (χ0v) is 18.0. The van der Waals surface area contributed by atoms with Gasteiger partial charge in [-0.05, 0) is 24.6 Å². The molecule has 0 radical (unpaired) electrons. The molecule has 0 bridgehead atoms. The second-order valence-electron chi connectivity index (χ2n) is 7.03. The average Bonchev–Trinajstić information content (AvgIpc) is 2.81. The van der Waals surface area contributed by atoms with Crippen LogP contribution in [0.1, 0.15) is 32.6 Å². The Morgan fingerprint density at radius 2 is 1.69 bits per heavy atom. The van der Waals surface area contributed by atoms with E-state index in [1.165, 1.54) is 26.2 Å². The molecule has 6 heteroatoms. The number of ether oxygens (including phenoxy) is 3. The SMILES string of the molecule is COCc1c(F)c(C)c(C(=O)Oc2ccccc2)c(OCc2ccccc2)c1C=CCO. The van der Waals surface area contributed by atoms with Crippen LogP contribution in [0.4, 0.5) is 4.39 Å². The Morgan fingerprint density at radius 3 is 2.31 bits per heavy atom. The highest BCUT2D eigenvalue weighted by molar-refractivity contribution is 5.97. The van der Waals surface area contributed by atoms with Gasteiger partial charge in [-0.1, -0.05) is 60.7 Å². The standard InChI is InChI=1S/C26H25FO5/c1-18-23(26(29)32-20-12-7-4-8-13-20)25(31-16-19-10-5-3-6-11-19)21(14-9-15-28)22(17-30-2)24(18)27/h3-14,28H,15-17H2,1-2H3. The summed E-state index contributed by atoms with van der Waals surface area (Å²) in [6.07, 6.45) is 2.97. The van der Waals surface area contributed by atoms with E-state index < -0.39 is 11.8 Å². The van der Waals surface area contributed by atoms with Gasteiger partial charge in [-0.3, -0.25) is 0 Å². The van der Waals surface area contributed by atoms with Crippen molar-refractivity contribution < 1.29 is 28.5 Å². The summed E-state index contributed by atoms with van der Waals surface area (Å²) >= 11 is 0. The molecule has 0 aromatic heterocycles. The fraction of sp³-hybridized carbons (Fsp3) is 0.192. The van der Waals surface area contributed by atoms with Crippen LogP contribution in [0.5, 0.6) is 11.5 Å². The molecule has 0 aliphatic heterocycles. The van der Waals surface area contributed by atoms with Crippen LogP contribution in [-0.2, 0) is 18.0 Å². The zero-order chi connectivity index (χ0) is 22.9. The lowest BCUT2D eigenvalue weighted by molar-refractivity contribution is 0.0727. The van der Waals surface area contributed by atoms with Gasteiger partial charge in [-0.25, -0.2) is 9.18 Å². The van der Waals surface area contributed by atoms with Gasteiger partial charge in [0, 0.05) is 23.8 Å². The van der Waals surface area contributed by atoms with Crippen molar-refractivity contribution in [3.8, 4) is 11.5 Å². The van der Waals surface area contributed by atoms with E-state index >= 15 is 4.39 Å². The molecule has 3 rings (SSSR count). The lowest BCUT2D eigenvalue weighted by Crippen LogP contribution is -2.17. The average molecular weight is 436 g/mol. The number of benzene rings is 3. The maximum Gasteiger partial charge on any atom is 0.347 e. The zero-order valence-electron chi connectivity index (χ0n) is 18.0. The summed E-state index contributed by atoms with van der Waals surface area (Å²) in [4.78, 5) is 13.1. The third-order valence-corrected chi connectivity index (χ3v) is 4.83. The van der Waals surface area contributed by atoms with E-state index in [1.807, 2.05) is 30.3 Å². The smallest absolute Gasteiger partial charge is 0.347 e. The summed E-state index contributed by atoms with van der Waals surface area (Å²) in [5, 5.41) is 9.30. The minimum absolute atomic E-state index is 0.0141. The van der Waals surface area contributed by atoms with E-state index in [1.54, 1.807) is 30.3 Å². The van der Waals surface area contributed by atoms with E-state index in [0.717, 1.165) is 5.56 Å². The van der Waals surface area contributed by atoms with Gasteiger partial charge in [0.1, 0.15) is 29.5 Å². The van der Waals surface area contributed by atoms with Gasteiger partial charge in [0.25, 0.3) is 0 Å². The molecule has 0 atom stereocenters. The van der Waals surface area contributed by atoms with E-state index in [-0.39, 0.29) is 42.3 Å². The Balaban J connectivity index is 2.14. The fourth-order valence-electron chi connectivity index (χ4n) is 3.30. The topological polar surface area (TPSA) is 65.0 Å². The number of carbonyl (C=O) groups excluding carboxylic acids is 1. The van der Waals surface area contributed by atoms with E-state index in [0.29, 0.717) is 11.3 Å². The van der Waals surface area contributed by atoms with E-state index in [2.05, 4.69) is 0 Å². The maximum absolute atomic E-state index is 15.3. The summed E-state index contributed by atoms with van der Waals surface area (Å²) in [5.41, 5.74) is 1.51. The lowest BCUT2D eigenvalue weighted by atomic mass is 9.96. The highest BCUT2D eigenvalue weighted by Crippen LogP contribution is 2.36. The molecule has 0 saturated heterocycles. The fourth-order valence-corrected chi connectivity index (χ4v) is 3.30. The summed E-state index contributed by atoms with van der Waals surface area (Å²) < 4.78 is 32.1. The third-order valence-electron chi connectivity index (χ3n) is 4.83. The molecule has 0 fully saturated rings. The minimum Gasteiger partial charge on any atom is -0.487 e. The molecule has 0 aliphatic rings. The first-order valence-electron chi connectivity index (χ1n) is 10.1. The molecule has 3 aromatic carbocycles. The number of aliphatic hydroxyl groups excluding tert-OH is 1. The Morgan fingerprint density at radius 1 is 1.03 bits per heavy atom. The Kier molecular flexibility index (Phi) is 8.14. The number of halogens is 1. The summed E-state index contributed by atoms with van der Waals surface area (Å²) in [6, 6.07) is 18.0. The first-order chi connectivity index (χ1) is 15.6. The van der Waals surface area contributed by atoms with Crippen LogP contribution in [-0.4, -0.2) is 24.8 Å². The highest BCUT2D eigenvalue weighted by atomic mass is 19.1. The first kappa shape index (κ1) is 23.2. The second kappa shape index (κ2) is 11.2. The van der Waals surface area contributed by atoms with Crippen LogP contribution in [0.3, 0.4) is 0 Å². The monoisotopic (exact) mass is 436 g/mol. The number of methoxy groups -OCH3 is 1. The van der Waals surface area contributed by atoms with Crippen LogP contribution in [0.25, 0.3) is 6.08 Å². The Labute approximate surface area is 186 Å². The number of carbonyl (C=O) groups is 1. The molecule has 0 amide bonds. The quantitative estimate of drug-likeness (QED) is 0.374. The normalized spacial score (nSPS) is 11.0. The molecule has 0 heterocycles. The van der Waals surface area contributed by atoms with Crippen molar-refractivity contribution in [2.75, 3.05) is 13.7 Å². The largest absolute Gasteiger partial charge is 0.487 e. The molecule has 0 aliphatic carbocycles. The van der Waals surface area contributed by atoms with Gasteiger partial charge in [-0.15, -0.1) is 0 Å². The van der Waals surface area contributed by atoms with Gasteiger partial charge in [0.15, 0.2) is 0 Å². The molecule has 166 valence electrons. The van der Waals surface area contributed by atoms with Crippen molar-refractivity contribution in [3.63, 3.8) is 0 Å². The molecule has 5 nitrogen and oxygen atoms in total. The Hall–Kier alpha value is -3.48. The van der Waals surface area contributed by atoms with E-state index in [4.69, 9.17) is 14.2 Å². The van der Waals surface area contributed by atoms with Crippen LogP contribution in [0.15, 0.2) is 66.7 Å². The number of hydrogen-bond donors (Lipinski definition) is 1. The van der Waals surface area contributed by atoms with Gasteiger partial charge < -0.3 is 19.3 Å². The minimum atomic E-state index is -0.738. The number of aliphatic hydroxyl groups is 1. The first-order valence-corrected chi connectivity index (χ1v) is 10.1. The molecular weight excluding hydrogens is 411 g/mol. The van der Waals surface area contributed by atoms with Crippen molar-refractivity contribution in [2.24, 2.45) is 0 Å². The molecule has 32 heavy (non-hydrogen) atoms. The van der Waals surface area contributed by atoms with Gasteiger partial charge in [-0.2, -0.15) is 0 Å². The Bertz CT molecular complexity index is 1080. The molecule has 0 spiro atoms. The third kappa shape index (κ3) is 5.41. The van der Waals surface area contributed by atoms with Crippen LogP contribution >= 0.6 is 0 Å². The number of hydrogen-bond acceptors (Lipinski definition) is 5. The molecule has 1 N–H and O–H groups in total. The second-order valence-corrected chi connectivity index (χ2v) is 7.03. The van der Waals surface area contributed by atoms with Crippen LogP contribution in [0.2, 0.25) is 0 Å². The molecule has 0 unspecified atom stereocenters. The predicted octanol–water partition coefficient (Wildman–Crippen LogP) is 5.08. The van der Waals surface area contributed by atoms with Crippen molar-refractivity contribution in [1.29, 1.82) is 0 Å². The summed E-state index contributed by atoms with van der Waals surface area (Å²) in [6.45, 7) is 1.37. The van der Waals surface area contributed by atoms with Crippen molar-refractivity contribution in [2.45, 2.75) is 20.1 Å². The van der Waals surface area contributed by atoms with Crippen molar-refractivity contribution in [3.05, 3.63) is 100 Å². The van der Waals surface area contributed by atoms with Crippen molar-refractivity contribution >= 4 is 12.0 Å². The number of esters is 1. The van der Waals surface area contributed by atoms with Gasteiger partial charge in [0.05, 0.1) is 13.2 Å². The van der Waals surface area contributed by atoms with Crippen LogP contribution in [0, 0.1) is 12.7 Å². The maximum atomic E-state index is 15.3. The number of para-hydroxylation sites is 1. The predicted molar refractivity (Wildman–Crippen MR) is 120 cm³/mol. The highest BCUT2D eigenvalue weighted by Gasteiger charge is 2.27. The van der Waals surface area contributed by atoms with E-state index in [9.17, 15) is 9.90 Å². The van der Waals surface area contributed by atoms with Gasteiger partial charge >= 0.3 is 5.97 Å². The van der Waals surface area contributed by atoms with Gasteiger partial charge in [0.2, 0.25) is 0 Å². The lowest BCUT2D eigenvalue weighted by Gasteiger charge is -2.20. The molecule has 3 aromatic rings. The van der Waals surface area contributed by atoms with Crippen LogP contribution < -0.4 is 9.47 Å². The van der Waals surface area contributed by atoms with Crippen molar-refractivity contribution in [1.82, 2.24) is 0 Å².